The Kier molecular flexibility index (Phi) is 12.9. The zero-order valence-corrected chi connectivity index (χ0v) is 36.7. The lowest BCUT2D eigenvalue weighted by Crippen LogP contribution is -2.44. The number of imide groups is 1. The van der Waals surface area contributed by atoms with Gasteiger partial charge in [0.25, 0.3) is 5.91 Å². The molecule has 61 heavy (non-hydrogen) atoms. The first-order valence-corrected chi connectivity index (χ1v) is 23.0. The molecule has 2 aliphatic heterocycles. The average molecular weight is 869 g/mol. The van der Waals surface area contributed by atoms with Crippen LogP contribution in [0.4, 0.5) is 10.8 Å². The molecule has 2 aromatic heterocycles. The summed E-state index contributed by atoms with van der Waals surface area (Å²) in [6, 6.07) is 18.3. The molecular formula is C44H52N8O7S2. The topological polar surface area (TPSA) is 185 Å². The molecule has 15 nitrogen and oxygen atoms in total. The number of thiazole rings is 1. The molecule has 2 aliphatic rings. The molecular weight excluding hydrogens is 817 g/mol. The second-order valence-corrected chi connectivity index (χ2v) is 19.5. The molecule has 0 aliphatic carbocycles. The highest BCUT2D eigenvalue weighted by atomic mass is 32.2. The fourth-order valence-corrected chi connectivity index (χ4v) is 10.3. The van der Waals surface area contributed by atoms with Crippen molar-refractivity contribution in [3.63, 3.8) is 0 Å². The van der Waals surface area contributed by atoms with Gasteiger partial charge in [-0.05, 0) is 108 Å². The van der Waals surface area contributed by atoms with Crippen molar-refractivity contribution >= 4 is 66.7 Å². The number of rotatable bonds is 14. The molecule has 0 spiro atoms. The molecule has 4 heterocycles. The third-order valence-corrected chi connectivity index (χ3v) is 14.8. The van der Waals surface area contributed by atoms with Gasteiger partial charge in [-0.1, -0.05) is 30.3 Å². The molecule has 2 fully saturated rings. The van der Waals surface area contributed by atoms with Gasteiger partial charge in [0.1, 0.15) is 6.04 Å². The summed E-state index contributed by atoms with van der Waals surface area (Å²) in [5, 5.41) is 9.34. The molecule has 0 saturated carbocycles. The summed E-state index contributed by atoms with van der Waals surface area (Å²) < 4.78 is 28.7. The third kappa shape index (κ3) is 9.33. The Hall–Kier alpha value is -5.65. The van der Waals surface area contributed by atoms with Crippen LogP contribution in [0.5, 0.6) is 0 Å². The van der Waals surface area contributed by atoms with Gasteiger partial charge in [-0.15, -0.1) is 11.3 Å². The van der Waals surface area contributed by atoms with Crippen LogP contribution in [0.15, 0.2) is 75.7 Å². The Morgan fingerprint density at radius 1 is 1.02 bits per heavy atom. The van der Waals surface area contributed by atoms with Gasteiger partial charge in [0.05, 0.1) is 33.4 Å². The van der Waals surface area contributed by atoms with Crippen molar-refractivity contribution in [2.45, 2.75) is 81.5 Å². The lowest BCUT2D eigenvalue weighted by molar-refractivity contribution is -0.135. The SMILES string of the molecule is Cc1ccc(C(=O)NCC(=O)Nc2nc(-c3cccc(N4CCC(N(C)CCCc5cccc6c5n(C)c(=O)n6C5CCC(=O)NC5=O)CC4)c3)cs2)cc1S(=O)(=O)C(C)C. The quantitative estimate of drug-likeness (QED) is 0.131. The summed E-state index contributed by atoms with van der Waals surface area (Å²) in [5.74, 6) is -1.75. The Bertz CT molecular complexity index is 2660. The van der Waals surface area contributed by atoms with Crippen molar-refractivity contribution in [3.8, 4) is 11.3 Å². The number of anilines is 2. The maximum atomic E-state index is 13.3. The molecule has 4 amide bonds. The van der Waals surface area contributed by atoms with E-state index in [0.717, 1.165) is 73.3 Å². The molecule has 1 unspecified atom stereocenters. The second-order valence-electron chi connectivity index (χ2n) is 16.2. The Morgan fingerprint density at radius 2 is 1.77 bits per heavy atom. The van der Waals surface area contributed by atoms with Gasteiger partial charge < -0.3 is 20.4 Å². The number of piperidine rings is 2. The second kappa shape index (κ2) is 18.1. The number of carbonyl (C=O) groups is 4. The number of fused-ring (bicyclic) bond motifs is 1. The summed E-state index contributed by atoms with van der Waals surface area (Å²) in [5.41, 5.74) is 5.80. The Balaban J connectivity index is 0.890. The largest absolute Gasteiger partial charge is 0.371 e. The molecule has 3 aromatic carbocycles. The van der Waals surface area contributed by atoms with Crippen LogP contribution in [0, 0.1) is 6.92 Å². The number of hydrogen-bond donors (Lipinski definition) is 3. The lowest BCUT2D eigenvalue weighted by Gasteiger charge is -2.38. The first kappa shape index (κ1) is 43.4. The van der Waals surface area contributed by atoms with Crippen LogP contribution in [0.25, 0.3) is 22.3 Å². The van der Waals surface area contributed by atoms with Crippen molar-refractivity contribution in [1.29, 1.82) is 0 Å². The van der Waals surface area contributed by atoms with Crippen LogP contribution in [0.3, 0.4) is 0 Å². The summed E-state index contributed by atoms with van der Waals surface area (Å²) in [6.07, 6.45) is 4.20. The van der Waals surface area contributed by atoms with E-state index in [-0.39, 0.29) is 35.0 Å². The minimum Gasteiger partial charge on any atom is -0.371 e. The van der Waals surface area contributed by atoms with Crippen LogP contribution < -0.4 is 26.5 Å². The zero-order valence-electron chi connectivity index (χ0n) is 35.1. The summed E-state index contributed by atoms with van der Waals surface area (Å²) in [4.78, 5) is 72.9. The van der Waals surface area contributed by atoms with E-state index in [0.29, 0.717) is 28.7 Å². The van der Waals surface area contributed by atoms with E-state index in [1.54, 1.807) is 38.5 Å². The van der Waals surface area contributed by atoms with Crippen LogP contribution >= 0.6 is 11.3 Å². The monoisotopic (exact) mass is 868 g/mol. The van der Waals surface area contributed by atoms with Crippen LogP contribution in [0.1, 0.15) is 73.5 Å². The molecule has 322 valence electrons. The van der Waals surface area contributed by atoms with Gasteiger partial charge in [0.2, 0.25) is 17.7 Å². The highest BCUT2D eigenvalue weighted by Gasteiger charge is 2.32. The number of hydrogen-bond acceptors (Lipinski definition) is 11. The first-order chi connectivity index (χ1) is 29.1. The van der Waals surface area contributed by atoms with Crippen LogP contribution in [-0.2, 0) is 37.7 Å². The minimum atomic E-state index is -3.58. The standard InChI is InChI=1S/C44H52N8O7S2/c1-27(2)61(58,59)37-24-31(15-14-28(37)3)41(55)45-25-39(54)48-43-46-34(26-60-43)30-10-6-12-33(23-30)51-21-18-32(19-22-51)49(4)20-8-11-29-9-7-13-35-40(29)50(5)44(57)52(35)36-16-17-38(53)47-42(36)56/h6-7,9-10,12-15,23-24,26-27,32,36H,8,11,16-22,25H2,1-5H3,(H,45,55)(H,46,48,54)(H,47,53,56). The Morgan fingerprint density at radius 3 is 2.51 bits per heavy atom. The number of benzene rings is 3. The number of para-hydroxylation sites is 1. The maximum Gasteiger partial charge on any atom is 0.329 e. The van der Waals surface area contributed by atoms with E-state index in [1.807, 2.05) is 35.7 Å². The van der Waals surface area contributed by atoms with Gasteiger partial charge in [-0.25, -0.2) is 18.2 Å². The van der Waals surface area contributed by atoms with Gasteiger partial charge in [0.15, 0.2) is 15.0 Å². The highest BCUT2D eigenvalue weighted by Crippen LogP contribution is 2.31. The van der Waals surface area contributed by atoms with Gasteiger partial charge >= 0.3 is 5.69 Å². The van der Waals surface area contributed by atoms with Crippen molar-refractivity contribution < 1.29 is 27.6 Å². The van der Waals surface area contributed by atoms with Crippen LogP contribution in [0.2, 0.25) is 0 Å². The smallest absolute Gasteiger partial charge is 0.329 e. The fourth-order valence-electron chi connectivity index (χ4n) is 8.27. The molecule has 0 bridgehead atoms. The summed E-state index contributed by atoms with van der Waals surface area (Å²) in [7, 11) is 0.329. The van der Waals surface area contributed by atoms with Crippen molar-refractivity contribution in [2.24, 2.45) is 7.05 Å². The number of carbonyl (C=O) groups excluding carboxylic acids is 4. The molecule has 17 heteroatoms. The number of amides is 4. The van der Waals surface area contributed by atoms with E-state index >= 15 is 0 Å². The third-order valence-electron chi connectivity index (χ3n) is 11.8. The van der Waals surface area contributed by atoms with Gasteiger partial charge in [-0.3, -0.25) is 33.6 Å². The summed E-state index contributed by atoms with van der Waals surface area (Å²) >= 11 is 1.29. The molecule has 5 aromatic rings. The fraction of sp³-hybridized carbons (Fsp3) is 0.409. The maximum absolute atomic E-state index is 13.3. The predicted molar refractivity (Wildman–Crippen MR) is 237 cm³/mol. The van der Waals surface area contributed by atoms with E-state index in [4.69, 9.17) is 0 Å². The van der Waals surface area contributed by atoms with Crippen LogP contribution in [-0.4, -0.2) is 95.6 Å². The van der Waals surface area contributed by atoms with Gasteiger partial charge in [0, 0.05) is 54.8 Å². The van der Waals surface area contributed by atoms with E-state index in [2.05, 4.69) is 49.9 Å². The minimum absolute atomic E-state index is 0.102. The molecule has 3 N–H and O–H groups in total. The van der Waals surface area contributed by atoms with Crippen molar-refractivity contribution in [2.75, 3.05) is 43.4 Å². The zero-order chi connectivity index (χ0) is 43.6. The number of imidazole rings is 1. The van der Waals surface area contributed by atoms with Gasteiger partial charge in [-0.2, -0.15) is 0 Å². The normalized spacial score (nSPS) is 16.4. The number of aromatic nitrogens is 3. The molecule has 7 rings (SSSR count). The predicted octanol–water partition coefficient (Wildman–Crippen LogP) is 4.83. The van der Waals surface area contributed by atoms with E-state index in [9.17, 15) is 32.4 Å². The summed E-state index contributed by atoms with van der Waals surface area (Å²) in [6.45, 7) is 7.24. The first-order valence-electron chi connectivity index (χ1n) is 20.6. The lowest BCUT2D eigenvalue weighted by atomic mass is 10.0. The molecule has 2 saturated heterocycles. The molecule has 1 atom stereocenters. The average Bonchev–Trinajstić information content (AvgIpc) is 3.81. The number of nitrogens with one attached hydrogen (secondary N) is 3. The Labute approximate surface area is 359 Å². The number of nitrogens with zero attached hydrogens (tertiary/aromatic N) is 5. The highest BCUT2D eigenvalue weighted by molar-refractivity contribution is 7.92. The van der Waals surface area contributed by atoms with Crippen molar-refractivity contribution in [3.05, 3.63) is 93.2 Å². The molecule has 0 radical (unpaired) electrons. The van der Waals surface area contributed by atoms with Crippen molar-refractivity contribution in [1.82, 2.24) is 29.7 Å². The van der Waals surface area contributed by atoms with E-state index in [1.165, 1.54) is 28.0 Å². The number of sulfone groups is 1. The van der Waals surface area contributed by atoms with E-state index < -0.39 is 38.9 Å². The number of aryl methyl sites for hydroxylation is 3.